The van der Waals surface area contributed by atoms with Crippen LogP contribution in [0.5, 0.6) is 0 Å². The first kappa shape index (κ1) is 12.3. The number of carbonyl (C=O) groups is 1. The first-order valence-corrected chi connectivity index (χ1v) is 6.02. The number of aromatic nitrogens is 2. The van der Waals surface area contributed by atoms with E-state index in [4.69, 9.17) is 0 Å². The molecule has 0 fully saturated rings. The first-order chi connectivity index (χ1) is 9.69. The zero-order chi connectivity index (χ0) is 14.1. The van der Waals surface area contributed by atoms with Crippen molar-refractivity contribution in [1.29, 1.82) is 0 Å². The predicted molar refractivity (Wildman–Crippen MR) is 72.8 cm³/mol. The second-order valence-electron chi connectivity index (χ2n) is 4.29. The van der Waals surface area contributed by atoms with Gasteiger partial charge in [-0.05, 0) is 30.3 Å². The number of nitrogens with one attached hydrogen (secondary N) is 1. The zero-order valence-corrected chi connectivity index (χ0v) is 10.7. The smallest absolute Gasteiger partial charge is 0.337 e. The van der Waals surface area contributed by atoms with E-state index in [2.05, 4.69) is 14.7 Å². The summed E-state index contributed by atoms with van der Waals surface area (Å²) in [6.07, 6.45) is 0. The van der Waals surface area contributed by atoms with Crippen LogP contribution in [0.15, 0.2) is 42.5 Å². The molecular formula is C15H11FN2O2. The maximum Gasteiger partial charge on any atom is 0.337 e. The van der Waals surface area contributed by atoms with E-state index in [1.165, 1.54) is 13.2 Å². The lowest BCUT2D eigenvalue weighted by molar-refractivity contribution is 0.0601. The molecule has 0 radical (unpaired) electrons. The zero-order valence-electron chi connectivity index (χ0n) is 10.7. The quantitative estimate of drug-likeness (QED) is 0.728. The number of hydrogen-bond acceptors (Lipinski definition) is 3. The molecule has 0 unspecified atom stereocenters. The highest BCUT2D eigenvalue weighted by molar-refractivity contribution is 5.94. The van der Waals surface area contributed by atoms with Gasteiger partial charge in [-0.3, -0.25) is 0 Å². The van der Waals surface area contributed by atoms with E-state index >= 15 is 0 Å². The second-order valence-corrected chi connectivity index (χ2v) is 4.29. The summed E-state index contributed by atoms with van der Waals surface area (Å²) in [5, 5.41) is 0. The number of fused-ring (bicyclic) bond motifs is 1. The number of ether oxygens (including phenoxy) is 1. The molecule has 0 aliphatic heterocycles. The molecule has 0 aliphatic rings. The molecule has 0 aliphatic carbocycles. The standard InChI is InChI=1S/C15H11FN2O2/c1-20-15(19)9-6-7-12-13(8-9)18-14(17-12)10-4-2-3-5-11(10)16/h2-8H,1H3,(H,17,18). The van der Waals surface area contributed by atoms with E-state index in [0.717, 1.165) is 0 Å². The molecule has 1 heterocycles. The molecule has 1 aromatic heterocycles. The van der Waals surface area contributed by atoms with Gasteiger partial charge in [-0.1, -0.05) is 12.1 Å². The van der Waals surface area contributed by atoms with Crippen LogP contribution in [0.4, 0.5) is 4.39 Å². The molecule has 0 saturated heterocycles. The van der Waals surface area contributed by atoms with Crippen molar-refractivity contribution < 1.29 is 13.9 Å². The van der Waals surface area contributed by atoms with Crippen LogP contribution in [-0.4, -0.2) is 23.0 Å². The summed E-state index contributed by atoms with van der Waals surface area (Å²) in [4.78, 5) is 18.8. The summed E-state index contributed by atoms with van der Waals surface area (Å²) < 4.78 is 18.4. The Balaban J connectivity index is 2.12. The van der Waals surface area contributed by atoms with Crippen molar-refractivity contribution >= 4 is 17.0 Å². The number of hydrogen-bond donors (Lipinski definition) is 1. The average Bonchev–Trinajstić information content (AvgIpc) is 2.89. The molecule has 3 aromatic rings. The predicted octanol–water partition coefficient (Wildman–Crippen LogP) is 3.16. The van der Waals surface area contributed by atoms with Crippen molar-refractivity contribution in [1.82, 2.24) is 9.97 Å². The molecule has 20 heavy (non-hydrogen) atoms. The van der Waals surface area contributed by atoms with Gasteiger partial charge >= 0.3 is 5.97 Å². The van der Waals surface area contributed by atoms with Crippen molar-refractivity contribution in [3.05, 3.63) is 53.8 Å². The average molecular weight is 270 g/mol. The number of H-pyrrole nitrogens is 1. The molecule has 5 heteroatoms. The first-order valence-electron chi connectivity index (χ1n) is 6.02. The monoisotopic (exact) mass is 270 g/mol. The van der Waals surface area contributed by atoms with Gasteiger partial charge in [-0.2, -0.15) is 0 Å². The number of methoxy groups -OCH3 is 1. The van der Waals surface area contributed by atoms with E-state index in [9.17, 15) is 9.18 Å². The van der Waals surface area contributed by atoms with Crippen molar-refractivity contribution in [2.24, 2.45) is 0 Å². The lowest BCUT2D eigenvalue weighted by Gasteiger charge is -1.98. The molecule has 0 amide bonds. The Morgan fingerprint density at radius 2 is 2.05 bits per heavy atom. The Hall–Kier alpha value is -2.69. The Morgan fingerprint density at radius 3 is 2.80 bits per heavy atom. The fourth-order valence-corrected chi connectivity index (χ4v) is 2.04. The second kappa shape index (κ2) is 4.77. The van der Waals surface area contributed by atoms with E-state index in [0.29, 0.717) is 28.0 Å². The maximum atomic E-state index is 13.7. The maximum absolute atomic E-state index is 13.7. The van der Waals surface area contributed by atoms with Gasteiger partial charge in [-0.15, -0.1) is 0 Å². The van der Waals surface area contributed by atoms with Crippen molar-refractivity contribution in [2.75, 3.05) is 7.11 Å². The highest BCUT2D eigenvalue weighted by Crippen LogP contribution is 2.23. The molecule has 0 bridgehead atoms. The molecule has 0 spiro atoms. The fourth-order valence-electron chi connectivity index (χ4n) is 2.04. The summed E-state index contributed by atoms with van der Waals surface area (Å²) in [7, 11) is 1.32. The molecule has 2 aromatic carbocycles. The number of nitrogens with zero attached hydrogens (tertiary/aromatic N) is 1. The number of aromatic amines is 1. The number of imidazole rings is 1. The Kier molecular flexibility index (Phi) is 2.95. The van der Waals surface area contributed by atoms with Crippen LogP contribution >= 0.6 is 0 Å². The van der Waals surface area contributed by atoms with Gasteiger partial charge in [0, 0.05) is 0 Å². The normalized spacial score (nSPS) is 10.7. The highest BCUT2D eigenvalue weighted by atomic mass is 19.1. The summed E-state index contributed by atoms with van der Waals surface area (Å²) >= 11 is 0. The minimum Gasteiger partial charge on any atom is -0.465 e. The van der Waals surface area contributed by atoms with Crippen LogP contribution in [0.1, 0.15) is 10.4 Å². The number of rotatable bonds is 2. The Labute approximate surface area is 114 Å². The number of esters is 1. The lowest BCUT2D eigenvalue weighted by Crippen LogP contribution is -2.00. The summed E-state index contributed by atoms with van der Waals surface area (Å²) in [6.45, 7) is 0. The van der Waals surface area contributed by atoms with Gasteiger partial charge in [0.05, 0.1) is 29.3 Å². The minimum absolute atomic E-state index is 0.347. The van der Waals surface area contributed by atoms with E-state index < -0.39 is 5.97 Å². The van der Waals surface area contributed by atoms with Gasteiger partial charge in [0.25, 0.3) is 0 Å². The third kappa shape index (κ3) is 2.03. The van der Waals surface area contributed by atoms with Gasteiger partial charge in [0.15, 0.2) is 0 Å². The van der Waals surface area contributed by atoms with Crippen molar-refractivity contribution in [3.63, 3.8) is 0 Å². The van der Waals surface area contributed by atoms with Crippen LogP contribution in [0.2, 0.25) is 0 Å². The molecule has 1 N–H and O–H groups in total. The van der Waals surface area contributed by atoms with Crippen LogP contribution in [0.3, 0.4) is 0 Å². The van der Waals surface area contributed by atoms with E-state index in [1.807, 2.05) is 0 Å². The van der Waals surface area contributed by atoms with Crippen LogP contribution in [0, 0.1) is 5.82 Å². The Morgan fingerprint density at radius 1 is 1.25 bits per heavy atom. The highest BCUT2D eigenvalue weighted by Gasteiger charge is 2.11. The number of carbonyl (C=O) groups excluding carboxylic acids is 1. The summed E-state index contributed by atoms with van der Waals surface area (Å²) in [5.74, 6) is -0.339. The number of halogens is 1. The third-order valence-electron chi connectivity index (χ3n) is 3.03. The van der Waals surface area contributed by atoms with Gasteiger partial charge < -0.3 is 9.72 Å². The van der Waals surface area contributed by atoms with Crippen LogP contribution in [0.25, 0.3) is 22.4 Å². The third-order valence-corrected chi connectivity index (χ3v) is 3.03. The van der Waals surface area contributed by atoms with Gasteiger partial charge in [0.2, 0.25) is 0 Å². The Bertz CT molecular complexity index is 795. The lowest BCUT2D eigenvalue weighted by atomic mass is 10.2. The molecule has 0 saturated carbocycles. The number of benzene rings is 2. The summed E-state index contributed by atoms with van der Waals surface area (Å²) in [5.41, 5.74) is 2.13. The molecule has 100 valence electrons. The minimum atomic E-state index is -0.422. The van der Waals surface area contributed by atoms with E-state index in [1.54, 1.807) is 36.4 Å². The molecule has 3 rings (SSSR count). The largest absolute Gasteiger partial charge is 0.465 e. The van der Waals surface area contributed by atoms with Crippen LogP contribution in [-0.2, 0) is 4.74 Å². The molecular weight excluding hydrogens is 259 g/mol. The molecule has 4 nitrogen and oxygen atoms in total. The topological polar surface area (TPSA) is 55.0 Å². The van der Waals surface area contributed by atoms with E-state index in [-0.39, 0.29) is 5.82 Å². The SMILES string of the molecule is COC(=O)c1ccc2nc(-c3ccccc3F)[nH]c2c1. The van der Waals surface area contributed by atoms with Crippen LogP contribution < -0.4 is 0 Å². The fraction of sp³-hybridized carbons (Fsp3) is 0.0667. The van der Waals surface area contributed by atoms with Crippen molar-refractivity contribution in [3.8, 4) is 11.4 Å². The van der Waals surface area contributed by atoms with Crippen molar-refractivity contribution in [2.45, 2.75) is 0 Å². The van der Waals surface area contributed by atoms with Gasteiger partial charge in [0.1, 0.15) is 11.6 Å². The summed E-state index contributed by atoms with van der Waals surface area (Å²) in [6, 6.07) is 11.3. The molecule has 0 atom stereocenters. The van der Waals surface area contributed by atoms with Gasteiger partial charge in [-0.25, -0.2) is 14.2 Å².